The number of carbonyl (C=O) groups excluding carboxylic acids is 1. The first kappa shape index (κ1) is 43.1. The molecule has 316 valence electrons. The summed E-state index contributed by atoms with van der Waals surface area (Å²) in [6.45, 7) is 11.0. The molecule has 0 radical (unpaired) electrons. The fourth-order valence-electron chi connectivity index (χ4n) is 9.49. The number of ether oxygens (including phenoxy) is 9. The van der Waals surface area contributed by atoms with Crippen molar-refractivity contribution in [1.29, 1.82) is 0 Å². The van der Waals surface area contributed by atoms with Gasteiger partial charge in [0.05, 0.1) is 63.6 Å². The summed E-state index contributed by atoms with van der Waals surface area (Å²) >= 11 is 0. The highest BCUT2D eigenvalue weighted by atomic mass is 16.7. The van der Waals surface area contributed by atoms with E-state index in [1.165, 1.54) is 0 Å². The van der Waals surface area contributed by atoms with E-state index in [0.29, 0.717) is 33.0 Å². The van der Waals surface area contributed by atoms with Crippen molar-refractivity contribution in [2.75, 3.05) is 27.1 Å². The van der Waals surface area contributed by atoms with E-state index in [4.69, 9.17) is 42.6 Å². The standard InChI is InChI=1S/C48H64O10/c1-32-24-40(52-28-37-18-11-7-12-19-37)43(30-51-27-36-16-9-6-10-17-36)56-42-26-39(49)44(57-41(42)25-32)34(3)46(53-29-38-20-13-8-14-21-38)47-45(54-31-50-5)33(2)35(4)48(58-47)22-15-23-55-48/h6-14,16-21,32-35,40-47H,15,22-31H2,1-5H3/t32-,33-,34+,35-,40+,41-,42+,43-,44-,45+,46-,47+,48+/m0/s1. The number of Topliss-reactive ketones (excluding diaryl/α,β-unsaturated/α-hetero) is 1. The van der Waals surface area contributed by atoms with Gasteiger partial charge in [0.15, 0.2) is 11.6 Å². The summed E-state index contributed by atoms with van der Waals surface area (Å²) < 4.78 is 59.1. The molecule has 4 fully saturated rings. The fourth-order valence-corrected chi connectivity index (χ4v) is 9.49. The minimum absolute atomic E-state index is 0.0144. The van der Waals surface area contributed by atoms with Crippen LogP contribution in [0.15, 0.2) is 91.0 Å². The zero-order valence-electron chi connectivity index (χ0n) is 34.9. The third-order valence-electron chi connectivity index (χ3n) is 12.8. The van der Waals surface area contributed by atoms with Crippen LogP contribution in [0.5, 0.6) is 0 Å². The van der Waals surface area contributed by atoms with Crippen molar-refractivity contribution in [3.8, 4) is 0 Å². The SMILES string of the molecule is COCO[C@@H]1[C@@H](C)[C@H](C)[C@@]2(CCCO2)O[C@H]1[C@@H](OCc1ccccc1)[C@H](C)[C@@H]1O[C@H]2C[C@@H](C)C[C@@H](OCc3ccccc3)[C@H](COCc3ccccc3)O[C@@H]2CC1=O. The second-order valence-corrected chi connectivity index (χ2v) is 17.0. The summed E-state index contributed by atoms with van der Waals surface area (Å²) in [6.07, 6.45) is -0.179. The molecule has 10 heteroatoms. The fraction of sp³-hybridized carbons (Fsp3) is 0.604. The Balaban J connectivity index is 1.12. The maximum Gasteiger partial charge on any atom is 0.171 e. The number of hydrogen-bond donors (Lipinski definition) is 0. The Hall–Kier alpha value is -3.03. The highest BCUT2D eigenvalue weighted by molar-refractivity contribution is 5.84. The van der Waals surface area contributed by atoms with Crippen LogP contribution in [-0.4, -0.2) is 87.5 Å². The van der Waals surface area contributed by atoms with Crippen LogP contribution in [0.4, 0.5) is 0 Å². The third kappa shape index (κ3) is 10.5. The molecule has 0 saturated carbocycles. The van der Waals surface area contributed by atoms with Gasteiger partial charge < -0.3 is 42.6 Å². The molecule has 0 unspecified atom stereocenters. The van der Waals surface area contributed by atoms with Gasteiger partial charge in [-0.1, -0.05) is 119 Å². The van der Waals surface area contributed by atoms with Gasteiger partial charge in [0.2, 0.25) is 0 Å². The lowest BCUT2D eigenvalue weighted by Crippen LogP contribution is -2.63. The Bertz CT molecular complexity index is 1670. The maximum atomic E-state index is 14.5. The highest BCUT2D eigenvalue weighted by Gasteiger charge is 2.58. The van der Waals surface area contributed by atoms with E-state index in [9.17, 15) is 4.79 Å². The zero-order valence-corrected chi connectivity index (χ0v) is 34.9. The summed E-state index contributed by atoms with van der Waals surface area (Å²) in [5.41, 5.74) is 3.22. The Morgan fingerprint density at radius 1 is 0.793 bits per heavy atom. The number of benzene rings is 3. The van der Waals surface area contributed by atoms with E-state index in [1.807, 2.05) is 66.7 Å². The second kappa shape index (κ2) is 20.5. The topological polar surface area (TPSA) is 100 Å². The molecule has 0 amide bonds. The number of fused-ring (bicyclic) bond motifs is 1. The Morgan fingerprint density at radius 2 is 1.45 bits per heavy atom. The van der Waals surface area contributed by atoms with Gasteiger partial charge in [-0.2, -0.15) is 0 Å². The first-order chi connectivity index (χ1) is 28.2. The highest BCUT2D eigenvalue weighted by Crippen LogP contribution is 2.48. The first-order valence-corrected chi connectivity index (χ1v) is 21.4. The molecule has 3 aromatic rings. The molecule has 1 spiro atoms. The smallest absolute Gasteiger partial charge is 0.171 e. The number of hydrogen-bond acceptors (Lipinski definition) is 10. The lowest BCUT2D eigenvalue weighted by molar-refractivity contribution is -0.349. The van der Waals surface area contributed by atoms with Crippen LogP contribution in [0.2, 0.25) is 0 Å². The number of methoxy groups -OCH3 is 1. The number of carbonyl (C=O) groups is 1. The van der Waals surface area contributed by atoms with Crippen LogP contribution < -0.4 is 0 Å². The largest absolute Gasteiger partial charge is 0.374 e. The number of ketones is 1. The quantitative estimate of drug-likeness (QED) is 0.132. The van der Waals surface area contributed by atoms with E-state index in [-0.39, 0.29) is 61.0 Å². The average Bonchev–Trinajstić information content (AvgIpc) is 3.71. The molecule has 4 aliphatic heterocycles. The number of rotatable bonds is 16. The van der Waals surface area contributed by atoms with E-state index in [0.717, 1.165) is 42.4 Å². The summed E-state index contributed by atoms with van der Waals surface area (Å²) in [5, 5.41) is 0. The van der Waals surface area contributed by atoms with Gasteiger partial charge in [-0.25, -0.2) is 0 Å². The lowest BCUT2D eigenvalue weighted by atomic mass is 9.74. The molecule has 7 rings (SSSR count). The Morgan fingerprint density at radius 3 is 2.09 bits per heavy atom. The summed E-state index contributed by atoms with van der Waals surface area (Å²) in [7, 11) is 1.63. The normalized spacial score (nSPS) is 33.9. The van der Waals surface area contributed by atoms with Crippen molar-refractivity contribution in [3.63, 3.8) is 0 Å². The molecule has 0 aliphatic carbocycles. The van der Waals surface area contributed by atoms with E-state index in [1.54, 1.807) is 7.11 Å². The van der Waals surface area contributed by atoms with Crippen LogP contribution >= 0.6 is 0 Å². The van der Waals surface area contributed by atoms with Crippen molar-refractivity contribution in [2.24, 2.45) is 23.7 Å². The molecule has 0 aromatic heterocycles. The zero-order chi connectivity index (χ0) is 40.5. The van der Waals surface area contributed by atoms with Gasteiger partial charge in [-0.15, -0.1) is 0 Å². The molecule has 13 atom stereocenters. The predicted molar refractivity (Wildman–Crippen MR) is 219 cm³/mol. The van der Waals surface area contributed by atoms with E-state index >= 15 is 0 Å². The van der Waals surface area contributed by atoms with Crippen LogP contribution in [0.3, 0.4) is 0 Å². The van der Waals surface area contributed by atoms with Crippen LogP contribution in [0, 0.1) is 23.7 Å². The molecule has 10 nitrogen and oxygen atoms in total. The van der Waals surface area contributed by atoms with Crippen molar-refractivity contribution >= 4 is 5.78 Å². The minimum atomic E-state index is -0.757. The molecule has 58 heavy (non-hydrogen) atoms. The summed E-state index contributed by atoms with van der Waals surface area (Å²) in [6, 6.07) is 30.4. The molecular weight excluding hydrogens is 737 g/mol. The average molecular weight is 801 g/mol. The third-order valence-corrected chi connectivity index (χ3v) is 12.8. The predicted octanol–water partition coefficient (Wildman–Crippen LogP) is 8.09. The van der Waals surface area contributed by atoms with Crippen molar-refractivity contribution in [1.82, 2.24) is 0 Å². The summed E-state index contributed by atoms with van der Waals surface area (Å²) in [4.78, 5) is 14.5. The van der Waals surface area contributed by atoms with Gasteiger partial charge in [0.1, 0.15) is 25.1 Å². The van der Waals surface area contributed by atoms with Crippen LogP contribution in [0.25, 0.3) is 0 Å². The van der Waals surface area contributed by atoms with Gasteiger partial charge in [-0.3, -0.25) is 4.79 Å². The molecule has 4 heterocycles. The van der Waals surface area contributed by atoms with Crippen LogP contribution in [0.1, 0.15) is 76.5 Å². The first-order valence-electron chi connectivity index (χ1n) is 21.4. The molecule has 4 aliphatic rings. The molecule has 3 aromatic carbocycles. The maximum absolute atomic E-state index is 14.5. The van der Waals surface area contributed by atoms with Gasteiger partial charge in [-0.05, 0) is 47.8 Å². The Kier molecular flexibility index (Phi) is 15.2. The molecule has 4 saturated heterocycles. The monoisotopic (exact) mass is 800 g/mol. The molecular formula is C48H64O10. The van der Waals surface area contributed by atoms with Crippen molar-refractivity contribution in [3.05, 3.63) is 108 Å². The van der Waals surface area contributed by atoms with Crippen molar-refractivity contribution in [2.45, 2.75) is 134 Å². The lowest BCUT2D eigenvalue weighted by Gasteiger charge is -2.53. The second-order valence-electron chi connectivity index (χ2n) is 17.0. The van der Waals surface area contributed by atoms with Gasteiger partial charge in [0.25, 0.3) is 0 Å². The van der Waals surface area contributed by atoms with E-state index in [2.05, 4.69) is 52.0 Å². The van der Waals surface area contributed by atoms with Gasteiger partial charge in [0, 0.05) is 31.8 Å². The van der Waals surface area contributed by atoms with E-state index < -0.39 is 36.3 Å². The summed E-state index contributed by atoms with van der Waals surface area (Å²) in [5.74, 6) is -0.787. The Labute approximate surface area is 345 Å². The van der Waals surface area contributed by atoms with Crippen LogP contribution in [-0.2, 0) is 67.2 Å². The van der Waals surface area contributed by atoms with Gasteiger partial charge >= 0.3 is 0 Å². The minimum Gasteiger partial charge on any atom is -0.374 e. The molecule has 0 bridgehead atoms. The van der Waals surface area contributed by atoms with Crippen molar-refractivity contribution < 1.29 is 47.4 Å². The molecule has 0 N–H and O–H groups in total.